The summed E-state index contributed by atoms with van der Waals surface area (Å²) in [5, 5.41) is 18.7. The highest BCUT2D eigenvalue weighted by molar-refractivity contribution is 7.99. The van der Waals surface area contributed by atoms with E-state index in [1.165, 1.54) is 17.8 Å². The quantitative estimate of drug-likeness (QED) is 0.475. The van der Waals surface area contributed by atoms with E-state index in [0.29, 0.717) is 21.7 Å². The average Bonchev–Trinajstić information content (AvgIpc) is 3.16. The molecule has 142 valence electrons. The summed E-state index contributed by atoms with van der Waals surface area (Å²) in [6, 6.07) is 23.0. The van der Waals surface area contributed by atoms with Gasteiger partial charge in [0, 0.05) is 5.69 Å². The third-order valence-electron chi connectivity index (χ3n) is 3.94. The molecular weight excluding hydrogens is 389 g/mol. The summed E-state index contributed by atoms with van der Waals surface area (Å²) in [5.74, 6) is 0.219. The Labute approximate surface area is 170 Å². The lowest BCUT2D eigenvalue weighted by Gasteiger charge is -2.11. The number of rotatable bonds is 6. The van der Waals surface area contributed by atoms with Gasteiger partial charge in [0.2, 0.25) is 5.16 Å². The molecule has 0 aliphatic rings. The van der Waals surface area contributed by atoms with Crippen molar-refractivity contribution >= 4 is 11.8 Å². The lowest BCUT2D eigenvalue weighted by atomic mass is 10.3. The number of hydrogen-bond acceptors (Lipinski definition) is 6. The second-order valence-corrected chi connectivity index (χ2v) is 6.85. The van der Waals surface area contributed by atoms with Crippen molar-refractivity contribution in [2.45, 2.75) is 16.8 Å². The standard InChI is InChI=1S/C21H14FN5OS/c22-17-10-4-5-11-18(17)28-14-19-25-26-21(27(19)16-8-2-1-3-9-16)29-20-12-6-7-15(13-23)24-20/h1-12H,14H2. The predicted molar refractivity (Wildman–Crippen MR) is 105 cm³/mol. The Hall–Kier alpha value is -3.70. The Morgan fingerprint density at radius 1 is 0.966 bits per heavy atom. The van der Waals surface area contributed by atoms with Gasteiger partial charge in [-0.15, -0.1) is 10.2 Å². The van der Waals surface area contributed by atoms with Crippen LogP contribution in [0.25, 0.3) is 5.69 Å². The van der Waals surface area contributed by atoms with Crippen LogP contribution in [0.15, 0.2) is 83.0 Å². The van der Waals surface area contributed by atoms with E-state index in [1.807, 2.05) is 41.0 Å². The summed E-state index contributed by atoms with van der Waals surface area (Å²) >= 11 is 1.28. The number of ether oxygens (including phenoxy) is 1. The molecule has 4 rings (SSSR count). The normalized spacial score (nSPS) is 10.5. The minimum atomic E-state index is -0.439. The molecular formula is C21H14FN5OS. The van der Waals surface area contributed by atoms with Gasteiger partial charge in [0.1, 0.15) is 23.4 Å². The van der Waals surface area contributed by atoms with Crippen LogP contribution in [0.4, 0.5) is 4.39 Å². The summed E-state index contributed by atoms with van der Waals surface area (Å²) in [7, 11) is 0. The van der Waals surface area contributed by atoms with Gasteiger partial charge in [-0.2, -0.15) is 5.26 Å². The molecule has 4 aromatic rings. The van der Waals surface area contributed by atoms with E-state index in [-0.39, 0.29) is 12.4 Å². The fraction of sp³-hybridized carbons (Fsp3) is 0.0476. The van der Waals surface area contributed by atoms with Crippen molar-refractivity contribution < 1.29 is 9.13 Å². The first-order chi connectivity index (χ1) is 14.2. The van der Waals surface area contributed by atoms with Gasteiger partial charge >= 0.3 is 0 Å². The Kier molecular flexibility index (Phi) is 5.49. The molecule has 0 fully saturated rings. The molecule has 6 nitrogen and oxygen atoms in total. The second kappa shape index (κ2) is 8.54. The molecule has 2 heterocycles. The smallest absolute Gasteiger partial charge is 0.202 e. The highest BCUT2D eigenvalue weighted by Gasteiger charge is 2.17. The summed E-state index contributed by atoms with van der Waals surface area (Å²) in [6.45, 7) is 0.0368. The van der Waals surface area contributed by atoms with Crippen LogP contribution in [0.5, 0.6) is 5.75 Å². The van der Waals surface area contributed by atoms with E-state index >= 15 is 0 Å². The monoisotopic (exact) mass is 403 g/mol. The fourth-order valence-corrected chi connectivity index (χ4v) is 3.49. The fourth-order valence-electron chi connectivity index (χ4n) is 2.63. The van der Waals surface area contributed by atoms with Crippen LogP contribution in [0.3, 0.4) is 0 Å². The van der Waals surface area contributed by atoms with Gasteiger partial charge in [0.05, 0.1) is 0 Å². The summed E-state index contributed by atoms with van der Waals surface area (Å²) in [6.07, 6.45) is 0. The third kappa shape index (κ3) is 4.25. The van der Waals surface area contributed by atoms with E-state index in [9.17, 15) is 4.39 Å². The van der Waals surface area contributed by atoms with E-state index < -0.39 is 5.82 Å². The number of para-hydroxylation sites is 2. The lowest BCUT2D eigenvalue weighted by molar-refractivity contribution is 0.278. The topological polar surface area (TPSA) is 76.6 Å². The van der Waals surface area contributed by atoms with E-state index in [1.54, 1.807) is 36.4 Å². The summed E-state index contributed by atoms with van der Waals surface area (Å²) < 4.78 is 21.3. The van der Waals surface area contributed by atoms with Crippen molar-refractivity contribution in [3.05, 3.63) is 90.1 Å². The number of aromatic nitrogens is 4. The van der Waals surface area contributed by atoms with Crippen molar-refractivity contribution in [3.63, 3.8) is 0 Å². The van der Waals surface area contributed by atoms with Crippen LogP contribution >= 0.6 is 11.8 Å². The van der Waals surface area contributed by atoms with Gasteiger partial charge in [-0.3, -0.25) is 4.57 Å². The van der Waals surface area contributed by atoms with Crippen molar-refractivity contribution in [1.82, 2.24) is 19.7 Å². The SMILES string of the molecule is N#Cc1cccc(Sc2nnc(COc3ccccc3F)n2-c2ccccc2)n1. The molecule has 2 aromatic carbocycles. The first kappa shape index (κ1) is 18.7. The molecule has 0 radical (unpaired) electrons. The van der Waals surface area contributed by atoms with Crippen LogP contribution in [0.2, 0.25) is 0 Å². The van der Waals surface area contributed by atoms with Gasteiger partial charge in [0.25, 0.3) is 0 Å². The number of nitrogens with zero attached hydrogens (tertiary/aromatic N) is 5. The van der Waals surface area contributed by atoms with Crippen LogP contribution in [0.1, 0.15) is 11.5 Å². The molecule has 0 aliphatic carbocycles. The molecule has 0 aliphatic heterocycles. The Bertz CT molecular complexity index is 1170. The van der Waals surface area contributed by atoms with Gasteiger partial charge < -0.3 is 4.74 Å². The molecule has 0 saturated heterocycles. The highest BCUT2D eigenvalue weighted by Crippen LogP contribution is 2.28. The molecule has 0 amide bonds. The zero-order valence-electron chi connectivity index (χ0n) is 15.1. The Balaban J connectivity index is 1.67. The zero-order valence-corrected chi connectivity index (χ0v) is 15.9. The predicted octanol–water partition coefficient (Wildman–Crippen LogP) is 4.40. The van der Waals surface area contributed by atoms with Crippen LogP contribution in [-0.2, 0) is 6.61 Å². The zero-order chi connectivity index (χ0) is 20.1. The van der Waals surface area contributed by atoms with Gasteiger partial charge in [0.15, 0.2) is 17.4 Å². The van der Waals surface area contributed by atoms with Crippen molar-refractivity contribution in [2.24, 2.45) is 0 Å². The number of benzene rings is 2. The molecule has 2 aromatic heterocycles. The molecule has 29 heavy (non-hydrogen) atoms. The molecule has 8 heteroatoms. The number of halogens is 1. The van der Waals surface area contributed by atoms with Crippen LogP contribution < -0.4 is 4.74 Å². The minimum absolute atomic E-state index is 0.0368. The molecule has 0 bridgehead atoms. The molecule has 0 spiro atoms. The van der Waals surface area contributed by atoms with E-state index in [4.69, 9.17) is 10.00 Å². The van der Waals surface area contributed by atoms with E-state index in [0.717, 1.165) is 5.69 Å². The van der Waals surface area contributed by atoms with Crippen LogP contribution in [-0.4, -0.2) is 19.7 Å². The van der Waals surface area contributed by atoms with Crippen molar-refractivity contribution in [1.29, 1.82) is 5.26 Å². The number of nitriles is 1. The minimum Gasteiger partial charge on any atom is -0.483 e. The number of hydrogen-bond donors (Lipinski definition) is 0. The molecule has 0 saturated carbocycles. The maximum atomic E-state index is 13.9. The summed E-state index contributed by atoms with van der Waals surface area (Å²) in [5.41, 5.74) is 1.16. The van der Waals surface area contributed by atoms with Crippen LogP contribution in [0, 0.1) is 17.1 Å². The second-order valence-electron chi connectivity index (χ2n) is 5.86. The first-order valence-corrected chi connectivity index (χ1v) is 9.48. The van der Waals surface area contributed by atoms with Crippen molar-refractivity contribution in [2.75, 3.05) is 0 Å². The molecule has 0 N–H and O–H groups in total. The number of pyridine rings is 1. The van der Waals surface area contributed by atoms with Crippen molar-refractivity contribution in [3.8, 4) is 17.5 Å². The Morgan fingerprint density at radius 2 is 1.76 bits per heavy atom. The molecule has 0 unspecified atom stereocenters. The van der Waals surface area contributed by atoms with Gasteiger partial charge in [-0.25, -0.2) is 9.37 Å². The third-order valence-corrected chi connectivity index (χ3v) is 4.83. The first-order valence-electron chi connectivity index (χ1n) is 8.66. The summed E-state index contributed by atoms with van der Waals surface area (Å²) in [4.78, 5) is 4.28. The van der Waals surface area contributed by atoms with Gasteiger partial charge in [-0.1, -0.05) is 36.4 Å². The maximum absolute atomic E-state index is 13.9. The highest BCUT2D eigenvalue weighted by atomic mass is 32.2. The average molecular weight is 403 g/mol. The van der Waals surface area contributed by atoms with Gasteiger partial charge in [-0.05, 0) is 48.2 Å². The van der Waals surface area contributed by atoms with E-state index in [2.05, 4.69) is 15.2 Å². The molecule has 0 atom stereocenters. The largest absolute Gasteiger partial charge is 0.483 e. The lowest BCUT2D eigenvalue weighted by Crippen LogP contribution is -2.07. The maximum Gasteiger partial charge on any atom is 0.202 e. The Morgan fingerprint density at radius 3 is 2.55 bits per heavy atom.